The summed E-state index contributed by atoms with van der Waals surface area (Å²) < 4.78 is 10.8. The highest BCUT2D eigenvalue weighted by Crippen LogP contribution is 2.32. The molecule has 3 rings (SSSR count). The first-order valence-electron chi connectivity index (χ1n) is 9.71. The van der Waals surface area contributed by atoms with Gasteiger partial charge >= 0.3 is 5.97 Å². The van der Waals surface area contributed by atoms with E-state index in [1.165, 1.54) is 22.7 Å². The lowest BCUT2D eigenvalue weighted by atomic mass is 10.1. The lowest BCUT2D eigenvalue weighted by Gasteiger charge is -2.12. The molecule has 10 nitrogen and oxygen atoms in total. The van der Waals surface area contributed by atoms with Gasteiger partial charge < -0.3 is 25.9 Å². The molecule has 3 aromatic rings. The number of carbonyl (C=O) groups excluding carboxylic acids is 1. The Kier molecular flexibility index (Phi) is 7.71. The Hall–Kier alpha value is -2.83. The minimum absolute atomic E-state index is 0.0783. The Bertz CT molecular complexity index is 1050. The summed E-state index contributed by atoms with van der Waals surface area (Å²) in [6.45, 7) is 4.43. The van der Waals surface area contributed by atoms with Crippen molar-refractivity contribution in [3.05, 3.63) is 27.2 Å². The van der Waals surface area contributed by atoms with Crippen LogP contribution in [0.1, 0.15) is 47.1 Å². The minimum Gasteiger partial charge on any atom is -0.461 e. The molecule has 0 spiro atoms. The topological polar surface area (TPSA) is 155 Å². The Morgan fingerprint density at radius 1 is 1.29 bits per heavy atom. The molecule has 0 aliphatic carbocycles. The predicted octanol–water partition coefficient (Wildman–Crippen LogP) is 2.72. The van der Waals surface area contributed by atoms with Gasteiger partial charge in [-0.1, -0.05) is 0 Å². The molecule has 5 N–H and O–H groups in total. The second-order valence-electron chi connectivity index (χ2n) is 6.54. The molecule has 0 saturated heterocycles. The van der Waals surface area contributed by atoms with E-state index in [-0.39, 0.29) is 17.7 Å². The number of carbonyl (C=O) groups is 1. The molecule has 0 amide bonds. The van der Waals surface area contributed by atoms with E-state index in [0.717, 1.165) is 17.8 Å². The summed E-state index contributed by atoms with van der Waals surface area (Å²) in [5, 5.41) is 8.36. The van der Waals surface area contributed by atoms with Gasteiger partial charge in [-0.05, 0) is 33.7 Å². The third kappa shape index (κ3) is 5.66. The fourth-order valence-corrected chi connectivity index (χ4v) is 4.59. The fraction of sp³-hybridized carbons (Fsp3) is 0.421. The summed E-state index contributed by atoms with van der Waals surface area (Å²) in [5.74, 6) is 0.672. The Morgan fingerprint density at radius 3 is 2.81 bits per heavy atom. The SMILES string of the molecule is CCOC(=O)c1csc(-c2nc(-c3csc([C@H](CCCN=C(N)N)NC)n3)oc2C)n1. The summed E-state index contributed by atoms with van der Waals surface area (Å²) in [6.07, 6.45) is 1.67. The first kappa shape index (κ1) is 22.8. The number of nitrogens with zero attached hydrogens (tertiary/aromatic N) is 4. The first-order chi connectivity index (χ1) is 14.9. The van der Waals surface area contributed by atoms with Gasteiger partial charge in [-0.2, -0.15) is 0 Å². The third-order valence-corrected chi connectivity index (χ3v) is 6.13. The van der Waals surface area contributed by atoms with Gasteiger partial charge in [0.2, 0.25) is 5.89 Å². The van der Waals surface area contributed by atoms with Crippen molar-refractivity contribution in [2.24, 2.45) is 16.5 Å². The van der Waals surface area contributed by atoms with Crippen molar-refractivity contribution < 1.29 is 13.9 Å². The third-order valence-electron chi connectivity index (χ3n) is 4.32. The molecule has 1 atom stereocenters. The molecular weight excluding hydrogens is 438 g/mol. The van der Waals surface area contributed by atoms with Crippen molar-refractivity contribution in [3.63, 3.8) is 0 Å². The van der Waals surface area contributed by atoms with Gasteiger partial charge in [-0.25, -0.2) is 19.7 Å². The van der Waals surface area contributed by atoms with Crippen LogP contribution in [-0.2, 0) is 4.74 Å². The zero-order valence-corrected chi connectivity index (χ0v) is 19.2. The zero-order chi connectivity index (χ0) is 22.4. The van der Waals surface area contributed by atoms with Crippen LogP contribution in [0.15, 0.2) is 20.2 Å². The van der Waals surface area contributed by atoms with Crippen molar-refractivity contribution in [2.45, 2.75) is 32.7 Å². The van der Waals surface area contributed by atoms with Crippen LogP contribution < -0.4 is 16.8 Å². The molecule has 166 valence electrons. The number of nitrogens with two attached hydrogens (primary N) is 2. The molecule has 0 aliphatic rings. The molecule has 31 heavy (non-hydrogen) atoms. The molecule has 0 saturated carbocycles. The van der Waals surface area contributed by atoms with Crippen LogP contribution in [0, 0.1) is 6.92 Å². The van der Waals surface area contributed by atoms with Crippen molar-refractivity contribution in [1.29, 1.82) is 0 Å². The van der Waals surface area contributed by atoms with E-state index >= 15 is 0 Å². The Morgan fingerprint density at radius 2 is 2.10 bits per heavy atom. The van der Waals surface area contributed by atoms with Crippen molar-refractivity contribution in [3.8, 4) is 22.3 Å². The van der Waals surface area contributed by atoms with Gasteiger partial charge in [-0.15, -0.1) is 22.7 Å². The number of rotatable bonds is 10. The van der Waals surface area contributed by atoms with Crippen LogP contribution in [0.3, 0.4) is 0 Å². The zero-order valence-electron chi connectivity index (χ0n) is 17.5. The molecule has 3 heterocycles. The number of thiazole rings is 2. The molecule has 0 unspecified atom stereocenters. The Balaban J connectivity index is 1.74. The number of nitrogens with one attached hydrogen (secondary N) is 1. The maximum Gasteiger partial charge on any atom is 0.357 e. The van der Waals surface area contributed by atoms with Gasteiger partial charge in [0.05, 0.1) is 12.6 Å². The van der Waals surface area contributed by atoms with E-state index in [0.29, 0.717) is 41.2 Å². The van der Waals surface area contributed by atoms with Crippen LogP contribution in [-0.4, -0.2) is 47.1 Å². The highest BCUT2D eigenvalue weighted by molar-refractivity contribution is 7.13. The number of hydrogen-bond acceptors (Lipinski definition) is 10. The van der Waals surface area contributed by atoms with Crippen LogP contribution in [0.5, 0.6) is 0 Å². The normalized spacial score (nSPS) is 12.0. The van der Waals surface area contributed by atoms with E-state index < -0.39 is 5.97 Å². The number of oxazole rings is 1. The molecule has 3 aromatic heterocycles. The average Bonchev–Trinajstić information content (AvgIpc) is 3.47. The fourth-order valence-electron chi connectivity index (χ4n) is 2.83. The van der Waals surface area contributed by atoms with Crippen molar-refractivity contribution in [2.75, 3.05) is 20.2 Å². The maximum atomic E-state index is 11.9. The number of aliphatic imine (C=N–C) groups is 1. The molecule has 12 heteroatoms. The first-order valence-corrected chi connectivity index (χ1v) is 11.5. The molecule has 0 radical (unpaired) electrons. The van der Waals surface area contributed by atoms with E-state index in [1.54, 1.807) is 12.3 Å². The second-order valence-corrected chi connectivity index (χ2v) is 8.29. The van der Waals surface area contributed by atoms with Crippen LogP contribution in [0.25, 0.3) is 22.3 Å². The van der Waals surface area contributed by atoms with Gasteiger partial charge in [0.15, 0.2) is 11.7 Å². The van der Waals surface area contributed by atoms with Crippen LogP contribution in [0.4, 0.5) is 0 Å². The van der Waals surface area contributed by atoms with E-state index in [4.69, 9.17) is 25.6 Å². The summed E-state index contributed by atoms with van der Waals surface area (Å²) in [6, 6.07) is 0.0783. The van der Waals surface area contributed by atoms with Crippen molar-refractivity contribution >= 4 is 34.6 Å². The molecule has 0 aliphatic heterocycles. The number of aryl methyl sites for hydroxylation is 1. The van der Waals surface area contributed by atoms with Crippen LogP contribution >= 0.6 is 22.7 Å². The standard InChI is InChI=1S/C19H25N7O3S2/c1-4-28-18(27)13-9-31-17(25-13)14-10(2)29-15(26-14)12-8-30-16(24-12)11(22-3)6-5-7-23-19(20)21/h8-9,11,22H,4-7H2,1-3H3,(H4,20,21,23)/t11-/m0/s1. The quantitative estimate of drug-likeness (QED) is 0.178. The lowest BCUT2D eigenvalue weighted by Crippen LogP contribution is -2.23. The summed E-state index contributed by atoms with van der Waals surface area (Å²) in [5.41, 5.74) is 12.2. The van der Waals surface area contributed by atoms with E-state index in [9.17, 15) is 4.79 Å². The predicted molar refractivity (Wildman–Crippen MR) is 121 cm³/mol. The van der Waals surface area contributed by atoms with Gasteiger partial charge in [0, 0.05) is 17.3 Å². The van der Waals surface area contributed by atoms with Crippen LogP contribution in [0.2, 0.25) is 0 Å². The smallest absolute Gasteiger partial charge is 0.357 e. The van der Waals surface area contributed by atoms with Gasteiger partial charge in [0.25, 0.3) is 0 Å². The molecule has 0 fully saturated rings. The maximum absolute atomic E-state index is 11.9. The summed E-state index contributed by atoms with van der Waals surface area (Å²) in [4.78, 5) is 29.5. The van der Waals surface area contributed by atoms with Gasteiger partial charge in [0.1, 0.15) is 27.2 Å². The highest BCUT2D eigenvalue weighted by Gasteiger charge is 2.21. The molecule has 0 bridgehead atoms. The van der Waals surface area contributed by atoms with E-state index in [2.05, 4.69) is 20.3 Å². The minimum atomic E-state index is -0.450. The number of hydrogen-bond donors (Lipinski definition) is 3. The number of esters is 1. The number of guanidine groups is 1. The molecular formula is C19H25N7O3S2. The van der Waals surface area contributed by atoms with Gasteiger partial charge in [-0.3, -0.25) is 4.99 Å². The number of aromatic nitrogens is 3. The van der Waals surface area contributed by atoms with E-state index in [1.807, 2.05) is 19.4 Å². The molecule has 0 aromatic carbocycles. The lowest BCUT2D eigenvalue weighted by molar-refractivity contribution is 0.0520. The summed E-state index contributed by atoms with van der Waals surface area (Å²) in [7, 11) is 1.89. The number of ether oxygens (including phenoxy) is 1. The highest BCUT2D eigenvalue weighted by atomic mass is 32.1. The average molecular weight is 464 g/mol. The summed E-state index contributed by atoms with van der Waals surface area (Å²) >= 11 is 2.85. The largest absolute Gasteiger partial charge is 0.461 e. The second kappa shape index (κ2) is 10.5. The monoisotopic (exact) mass is 463 g/mol. The Labute approximate surface area is 187 Å². The van der Waals surface area contributed by atoms with Crippen molar-refractivity contribution in [1.82, 2.24) is 20.3 Å².